The van der Waals surface area contributed by atoms with Gasteiger partial charge in [-0.2, -0.15) is 0 Å². The minimum atomic E-state index is 0.895. The molecule has 0 saturated heterocycles. The van der Waals surface area contributed by atoms with Gasteiger partial charge in [-0.15, -0.1) is 0 Å². The Morgan fingerprint density at radius 3 is 1.80 bits per heavy atom. The van der Waals surface area contributed by atoms with Crippen LogP contribution < -0.4 is 0 Å². The molecule has 3 heteroatoms. The van der Waals surface area contributed by atoms with Gasteiger partial charge in [0.25, 0.3) is 0 Å². The zero-order valence-electron chi connectivity index (χ0n) is 22.2. The van der Waals surface area contributed by atoms with Gasteiger partial charge in [0.1, 0.15) is 11.1 Å². The molecule has 41 heavy (non-hydrogen) atoms. The van der Waals surface area contributed by atoms with Crippen molar-refractivity contribution >= 4 is 54.8 Å². The normalized spacial score (nSPS) is 11.9. The van der Waals surface area contributed by atoms with Crippen LogP contribution in [0, 0.1) is 0 Å². The van der Waals surface area contributed by atoms with Crippen molar-refractivity contribution in [1.82, 2.24) is 9.13 Å². The molecule has 3 heterocycles. The van der Waals surface area contributed by atoms with Crippen LogP contribution in [0.4, 0.5) is 0 Å². The number of furan rings is 1. The molecule has 0 spiro atoms. The molecular formula is C38H24N2O. The van der Waals surface area contributed by atoms with E-state index in [4.69, 9.17) is 4.42 Å². The van der Waals surface area contributed by atoms with Gasteiger partial charge in [-0.05, 0) is 71.8 Å². The van der Waals surface area contributed by atoms with Crippen LogP contribution in [0.15, 0.2) is 150 Å². The number of benzene rings is 6. The van der Waals surface area contributed by atoms with Crippen LogP contribution in [0.3, 0.4) is 0 Å². The summed E-state index contributed by atoms with van der Waals surface area (Å²) >= 11 is 0. The van der Waals surface area contributed by atoms with Crippen molar-refractivity contribution in [1.29, 1.82) is 0 Å². The monoisotopic (exact) mass is 524 g/mol. The standard InChI is InChI=1S/C38H24N2O/c1-3-12-26(13-4-1)39-32-19-9-7-16-29(32)36-28(18-11-21-34(36)39)25-22-23-31-35(24-25)41-38-30-17-8-10-20-33(30)40(37(31)38)27-14-5-2-6-15-27/h1-24H. The molecule has 0 aliphatic carbocycles. The number of fused-ring (bicyclic) bond motifs is 8. The van der Waals surface area contributed by atoms with Crippen LogP contribution in [0.5, 0.6) is 0 Å². The second-order valence-corrected chi connectivity index (χ2v) is 10.6. The van der Waals surface area contributed by atoms with Crippen LogP contribution in [0.25, 0.3) is 77.3 Å². The van der Waals surface area contributed by atoms with E-state index in [0.29, 0.717) is 0 Å². The third kappa shape index (κ3) is 3.14. The number of hydrogen-bond donors (Lipinski definition) is 0. The SMILES string of the molecule is c1ccc(-n2c3ccccc3c3c(-c4ccc5c(c4)oc4c6ccccc6n(-c6ccccc6)c54)cccc32)cc1. The Morgan fingerprint density at radius 1 is 0.439 bits per heavy atom. The molecule has 0 N–H and O–H groups in total. The van der Waals surface area contributed by atoms with Crippen molar-refractivity contribution in [3.05, 3.63) is 146 Å². The predicted molar refractivity (Wildman–Crippen MR) is 170 cm³/mol. The largest absolute Gasteiger partial charge is 0.454 e. The maximum Gasteiger partial charge on any atom is 0.161 e. The first-order valence-electron chi connectivity index (χ1n) is 14.0. The first-order chi connectivity index (χ1) is 20.4. The molecule has 6 aromatic carbocycles. The van der Waals surface area contributed by atoms with Crippen molar-refractivity contribution in [3.8, 4) is 22.5 Å². The quantitative estimate of drug-likeness (QED) is 0.225. The van der Waals surface area contributed by atoms with E-state index in [1.54, 1.807) is 0 Å². The highest BCUT2D eigenvalue weighted by Crippen LogP contribution is 2.42. The van der Waals surface area contributed by atoms with Gasteiger partial charge in [-0.3, -0.25) is 0 Å². The Labute approximate surface area is 236 Å². The maximum atomic E-state index is 6.68. The molecule has 0 radical (unpaired) electrons. The summed E-state index contributed by atoms with van der Waals surface area (Å²) in [5.74, 6) is 0. The second-order valence-electron chi connectivity index (χ2n) is 10.6. The Morgan fingerprint density at radius 2 is 1.05 bits per heavy atom. The smallest absolute Gasteiger partial charge is 0.161 e. The third-order valence-corrected chi connectivity index (χ3v) is 8.31. The molecule has 0 aliphatic rings. The Hall–Kier alpha value is -5.54. The molecule has 9 aromatic rings. The molecule has 9 rings (SSSR count). The minimum absolute atomic E-state index is 0.895. The van der Waals surface area contributed by atoms with Crippen molar-refractivity contribution in [2.24, 2.45) is 0 Å². The first kappa shape index (κ1) is 22.3. The summed E-state index contributed by atoms with van der Waals surface area (Å²) in [4.78, 5) is 0. The fourth-order valence-electron chi connectivity index (χ4n) is 6.60. The number of rotatable bonds is 3. The van der Waals surface area contributed by atoms with Gasteiger partial charge in [0.2, 0.25) is 0 Å². The molecule has 3 nitrogen and oxygen atoms in total. The van der Waals surface area contributed by atoms with E-state index in [1.807, 2.05) is 0 Å². The third-order valence-electron chi connectivity index (χ3n) is 8.31. The molecule has 0 unspecified atom stereocenters. The molecule has 192 valence electrons. The zero-order chi connectivity index (χ0) is 26.9. The van der Waals surface area contributed by atoms with Crippen LogP contribution >= 0.6 is 0 Å². The van der Waals surface area contributed by atoms with E-state index in [2.05, 4.69) is 155 Å². The number of aromatic nitrogens is 2. The molecule has 0 saturated carbocycles. The van der Waals surface area contributed by atoms with Gasteiger partial charge < -0.3 is 13.6 Å². The van der Waals surface area contributed by atoms with Gasteiger partial charge in [0.15, 0.2) is 5.58 Å². The summed E-state index contributed by atoms with van der Waals surface area (Å²) < 4.78 is 11.4. The number of nitrogens with zero attached hydrogens (tertiary/aromatic N) is 2. The van der Waals surface area contributed by atoms with Crippen LogP contribution in [-0.2, 0) is 0 Å². The summed E-state index contributed by atoms with van der Waals surface area (Å²) in [6.45, 7) is 0. The minimum Gasteiger partial charge on any atom is -0.454 e. The average molecular weight is 525 g/mol. The van der Waals surface area contributed by atoms with Crippen molar-refractivity contribution < 1.29 is 4.42 Å². The van der Waals surface area contributed by atoms with E-state index in [1.165, 1.54) is 27.4 Å². The Bertz CT molecular complexity index is 2410. The molecule has 0 atom stereocenters. The lowest BCUT2D eigenvalue weighted by Crippen LogP contribution is -1.93. The topological polar surface area (TPSA) is 23.0 Å². The highest BCUT2D eigenvalue weighted by atomic mass is 16.3. The van der Waals surface area contributed by atoms with E-state index in [0.717, 1.165) is 49.9 Å². The van der Waals surface area contributed by atoms with E-state index in [9.17, 15) is 0 Å². The molecule has 0 aliphatic heterocycles. The fraction of sp³-hybridized carbons (Fsp3) is 0. The van der Waals surface area contributed by atoms with Crippen molar-refractivity contribution in [3.63, 3.8) is 0 Å². The summed E-state index contributed by atoms with van der Waals surface area (Å²) in [7, 11) is 0. The molecule has 0 bridgehead atoms. The van der Waals surface area contributed by atoms with Crippen molar-refractivity contribution in [2.75, 3.05) is 0 Å². The van der Waals surface area contributed by atoms with Gasteiger partial charge >= 0.3 is 0 Å². The van der Waals surface area contributed by atoms with E-state index < -0.39 is 0 Å². The van der Waals surface area contributed by atoms with Gasteiger partial charge in [0.05, 0.1) is 16.6 Å². The van der Waals surface area contributed by atoms with Gasteiger partial charge in [-0.1, -0.05) is 84.9 Å². The zero-order valence-corrected chi connectivity index (χ0v) is 22.2. The Kier molecular flexibility index (Phi) is 4.61. The van der Waals surface area contributed by atoms with Gasteiger partial charge in [0, 0.05) is 32.9 Å². The van der Waals surface area contributed by atoms with Gasteiger partial charge in [-0.25, -0.2) is 0 Å². The highest BCUT2D eigenvalue weighted by molar-refractivity contribution is 6.19. The van der Waals surface area contributed by atoms with E-state index in [-0.39, 0.29) is 0 Å². The second kappa shape index (κ2) is 8.48. The summed E-state index contributed by atoms with van der Waals surface area (Å²) in [6, 6.07) is 51.6. The first-order valence-corrected chi connectivity index (χ1v) is 14.0. The molecule has 0 fully saturated rings. The molecule has 0 amide bonds. The molecular weight excluding hydrogens is 500 g/mol. The summed E-state index contributed by atoms with van der Waals surface area (Å²) in [5, 5.41) is 4.73. The van der Waals surface area contributed by atoms with Crippen LogP contribution in [0.1, 0.15) is 0 Å². The van der Waals surface area contributed by atoms with Crippen LogP contribution in [-0.4, -0.2) is 9.13 Å². The summed E-state index contributed by atoms with van der Waals surface area (Å²) in [6.07, 6.45) is 0. The lowest BCUT2D eigenvalue weighted by atomic mass is 9.98. The predicted octanol–water partition coefficient (Wildman–Crippen LogP) is 10.3. The van der Waals surface area contributed by atoms with E-state index >= 15 is 0 Å². The maximum absolute atomic E-state index is 6.68. The van der Waals surface area contributed by atoms with Crippen molar-refractivity contribution in [2.45, 2.75) is 0 Å². The van der Waals surface area contributed by atoms with Crippen LogP contribution in [0.2, 0.25) is 0 Å². The lowest BCUT2D eigenvalue weighted by Gasteiger charge is -2.09. The number of para-hydroxylation sites is 4. The summed E-state index contributed by atoms with van der Waals surface area (Å²) in [5.41, 5.74) is 11.1. The molecule has 3 aromatic heterocycles. The number of hydrogen-bond acceptors (Lipinski definition) is 1. The fourth-order valence-corrected chi connectivity index (χ4v) is 6.60. The Balaban J connectivity index is 1.33. The lowest BCUT2D eigenvalue weighted by molar-refractivity contribution is 0.673. The average Bonchev–Trinajstić information content (AvgIpc) is 3.68. The highest BCUT2D eigenvalue weighted by Gasteiger charge is 2.21.